The van der Waals surface area contributed by atoms with E-state index in [1.54, 1.807) is 4.57 Å². The van der Waals surface area contributed by atoms with Crippen molar-refractivity contribution in [3.8, 4) is 0 Å². The largest absolute Gasteiger partial charge is 0.477 e. The molecule has 1 saturated carbocycles. The highest BCUT2D eigenvalue weighted by atomic mass is 35.5. The zero-order chi connectivity index (χ0) is 15.7. The maximum atomic E-state index is 13.5. The molecule has 2 aromatic rings. The van der Waals surface area contributed by atoms with Gasteiger partial charge in [0.1, 0.15) is 11.4 Å². The number of halogens is 2. The normalized spacial score (nSPS) is 13.7. The standard InChI is InChI=1S/C13H9ClFNO3.C2H6/c14-9-4-11-7(3-10(9)15)12(17)8(13(18)19)5-16(11)6-1-2-6;1-2/h3-6H,1-2H2,(H,18,19);1-2H3. The predicted octanol–water partition coefficient (Wildman–Crippen LogP) is 3.85. The van der Waals surface area contributed by atoms with E-state index in [2.05, 4.69) is 0 Å². The first kappa shape index (κ1) is 15.5. The Kier molecular flexibility index (Phi) is 4.32. The first-order valence-corrected chi connectivity index (χ1v) is 7.14. The van der Waals surface area contributed by atoms with Crippen LogP contribution in [0.15, 0.2) is 23.1 Å². The molecule has 0 aliphatic heterocycles. The third-order valence-corrected chi connectivity index (χ3v) is 3.53. The van der Waals surface area contributed by atoms with Crippen molar-refractivity contribution in [3.63, 3.8) is 0 Å². The lowest BCUT2D eigenvalue weighted by Gasteiger charge is -2.11. The topological polar surface area (TPSA) is 59.3 Å². The number of carboxylic acids is 1. The number of hydrogen-bond donors (Lipinski definition) is 1. The van der Waals surface area contributed by atoms with Gasteiger partial charge >= 0.3 is 5.97 Å². The molecule has 1 N–H and O–H groups in total. The molecule has 1 aliphatic carbocycles. The molecule has 0 amide bonds. The number of benzene rings is 1. The molecular weight excluding hydrogens is 297 g/mol. The van der Waals surface area contributed by atoms with Gasteiger partial charge in [-0.1, -0.05) is 25.4 Å². The van der Waals surface area contributed by atoms with Crippen molar-refractivity contribution >= 4 is 28.5 Å². The van der Waals surface area contributed by atoms with Crippen LogP contribution in [0.5, 0.6) is 0 Å². The minimum atomic E-state index is -1.31. The summed E-state index contributed by atoms with van der Waals surface area (Å²) in [6, 6.07) is 2.53. The number of aromatic carboxylic acids is 1. The SMILES string of the molecule is CC.O=C(O)c1cn(C2CC2)c2cc(Cl)c(F)cc2c1=O. The summed E-state index contributed by atoms with van der Waals surface area (Å²) < 4.78 is 15.2. The molecule has 0 saturated heterocycles. The molecule has 4 nitrogen and oxygen atoms in total. The van der Waals surface area contributed by atoms with E-state index < -0.39 is 17.2 Å². The van der Waals surface area contributed by atoms with Crippen molar-refractivity contribution in [1.29, 1.82) is 0 Å². The van der Waals surface area contributed by atoms with Gasteiger partial charge in [0.2, 0.25) is 5.43 Å². The monoisotopic (exact) mass is 311 g/mol. The van der Waals surface area contributed by atoms with Crippen molar-refractivity contribution in [1.82, 2.24) is 4.57 Å². The number of fused-ring (bicyclic) bond motifs is 1. The number of carboxylic acid groups (broad SMARTS) is 1. The molecular formula is C15H15ClFNO3. The zero-order valence-electron chi connectivity index (χ0n) is 11.7. The number of nitrogens with zero attached hydrogens (tertiary/aromatic N) is 1. The summed E-state index contributed by atoms with van der Waals surface area (Å²) in [6.45, 7) is 4.00. The molecule has 0 spiro atoms. The molecule has 1 aromatic heterocycles. The Morgan fingerprint density at radius 1 is 1.38 bits per heavy atom. The van der Waals surface area contributed by atoms with E-state index in [-0.39, 0.29) is 22.0 Å². The van der Waals surface area contributed by atoms with Gasteiger partial charge in [-0.2, -0.15) is 0 Å². The Balaban J connectivity index is 0.000000774. The van der Waals surface area contributed by atoms with Crippen LogP contribution in [0.4, 0.5) is 4.39 Å². The molecule has 21 heavy (non-hydrogen) atoms. The van der Waals surface area contributed by atoms with Crippen molar-refractivity contribution in [2.75, 3.05) is 0 Å². The second kappa shape index (κ2) is 5.85. The van der Waals surface area contributed by atoms with Gasteiger partial charge in [0, 0.05) is 17.6 Å². The van der Waals surface area contributed by atoms with Crippen LogP contribution >= 0.6 is 11.6 Å². The Morgan fingerprint density at radius 3 is 2.52 bits per heavy atom. The van der Waals surface area contributed by atoms with Crippen LogP contribution in [-0.2, 0) is 0 Å². The smallest absolute Gasteiger partial charge is 0.341 e. The van der Waals surface area contributed by atoms with Gasteiger partial charge in [0.25, 0.3) is 0 Å². The van der Waals surface area contributed by atoms with Crippen molar-refractivity contribution < 1.29 is 14.3 Å². The number of rotatable bonds is 2. The third-order valence-electron chi connectivity index (χ3n) is 3.24. The second-order valence-electron chi connectivity index (χ2n) is 4.60. The van der Waals surface area contributed by atoms with Gasteiger partial charge in [-0.3, -0.25) is 4.79 Å². The van der Waals surface area contributed by atoms with Crippen molar-refractivity contribution in [2.24, 2.45) is 0 Å². The van der Waals surface area contributed by atoms with E-state index in [1.807, 2.05) is 13.8 Å². The number of carbonyl (C=O) groups is 1. The van der Waals surface area contributed by atoms with Crippen LogP contribution in [0.3, 0.4) is 0 Å². The van der Waals surface area contributed by atoms with E-state index >= 15 is 0 Å². The molecule has 1 heterocycles. The van der Waals surface area contributed by atoms with E-state index in [9.17, 15) is 14.0 Å². The Labute approximate surface area is 125 Å². The zero-order valence-corrected chi connectivity index (χ0v) is 12.4. The highest BCUT2D eigenvalue weighted by molar-refractivity contribution is 6.31. The molecule has 0 bridgehead atoms. The van der Waals surface area contributed by atoms with E-state index in [4.69, 9.17) is 16.7 Å². The molecule has 3 rings (SSSR count). The lowest BCUT2D eigenvalue weighted by Crippen LogP contribution is -2.18. The summed E-state index contributed by atoms with van der Waals surface area (Å²) in [5, 5.41) is 9.01. The van der Waals surface area contributed by atoms with Gasteiger partial charge in [-0.15, -0.1) is 0 Å². The van der Waals surface area contributed by atoms with Crippen molar-refractivity contribution in [2.45, 2.75) is 32.7 Å². The summed E-state index contributed by atoms with van der Waals surface area (Å²) >= 11 is 5.73. The summed E-state index contributed by atoms with van der Waals surface area (Å²) in [5.41, 5.74) is -0.556. The Hall–Kier alpha value is -1.88. The molecule has 1 aromatic carbocycles. The van der Waals surface area contributed by atoms with Gasteiger partial charge in [-0.05, 0) is 25.0 Å². The molecule has 6 heteroatoms. The van der Waals surface area contributed by atoms with E-state index in [0.29, 0.717) is 5.52 Å². The lowest BCUT2D eigenvalue weighted by atomic mass is 10.1. The summed E-state index contributed by atoms with van der Waals surface area (Å²) in [4.78, 5) is 23.1. The first-order chi connectivity index (χ1) is 9.99. The van der Waals surface area contributed by atoms with Crippen molar-refractivity contribution in [3.05, 3.63) is 45.0 Å². The Bertz CT molecular complexity index is 766. The van der Waals surface area contributed by atoms with Crippen LogP contribution in [0.2, 0.25) is 5.02 Å². The maximum absolute atomic E-state index is 13.5. The van der Waals surface area contributed by atoms with Crippen LogP contribution in [0.1, 0.15) is 43.1 Å². The van der Waals surface area contributed by atoms with Crippen LogP contribution in [-0.4, -0.2) is 15.6 Å². The van der Waals surface area contributed by atoms with Crippen LogP contribution in [0.25, 0.3) is 10.9 Å². The number of aromatic nitrogens is 1. The molecule has 0 radical (unpaired) electrons. The third kappa shape index (κ3) is 2.78. The highest BCUT2D eigenvalue weighted by Gasteiger charge is 2.27. The number of pyridine rings is 1. The fraction of sp³-hybridized carbons (Fsp3) is 0.333. The minimum absolute atomic E-state index is 0.0497. The lowest BCUT2D eigenvalue weighted by molar-refractivity contribution is 0.0695. The van der Waals surface area contributed by atoms with Gasteiger partial charge < -0.3 is 9.67 Å². The van der Waals surface area contributed by atoms with E-state index in [1.165, 1.54) is 12.3 Å². The fourth-order valence-electron chi connectivity index (χ4n) is 2.15. The summed E-state index contributed by atoms with van der Waals surface area (Å²) in [5.74, 6) is -2.03. The average molecular weight is 312 g/mol. The maximum Gasteiger partial charge on any atom is 0.341 e. The quantitative estimate of drug-likeness (QED) is 0.916. The van der Waals surface area contributed by atoms with Crippen LogP contribution in [0, 0.1) is 5.82 Å². The molecule has 1 fully saturated rings. The molecule has 0 atom stereocenters. The summed E-state index contributed by atoms with van der Waals surface area (Å²) in [6.07, 6.45) is 3.14. The second-order valence-corrected chi connectivity index (χ2v) is 5.01. The van der Waals surface area contributed by atoms with E-state index in [0.717, 1.165) is 18.9 Å². The predicted molar refractivity (Wildman–Crippen MR) is 79.8 cm³/mol. The number of hydrogen-bond acceptors (Lipinski definition) is 2. The van der Waals surface area contributed by atoms with Crippen LogP contribution < -0.4 is 5.43 Å². The van der Waals surface area contributed by atoms with Gasteiger partial charge in [-0.25, -0.2) is 9.18 Å². The minimum Gasteiger partial charge on any atom is -0.477 e. The average Bonchev–Trinajstić information content (AvgIpc) is 3.28. The fourth-order valence-corrected chi connectivity index (χ4v) is 2.31. The first-order valence-electron chi connectivity index (χ1n) is 6.76. The highest BCUT2D eigenvalue weighted by Crippen LogP contribution is 2.37. The van der Waals surface area contributed by atoms with Gasteiger partial charge in [0.05, 0.1) is 10.5 Å². The van der Waals surface area contributed by atoms with Gasteiger partial charge in [0.15, 0.2) is 0 Å². The Morgan fingerprint density at radius 2 is 2.00 bits per heavy atom. The molecule has 0 unspecified atom stereocenters. The molecule has 112 valence electrons. The summed E-state index contributed by atoms with van der Waals surface area (Å²) in [7, 11) is 0. The molecule has 1 aliphatic rings.